The Labute approximate surface area is 113 Å². The minimum Gasteiger partial charge on any atom is -0.490 e. The highest BCUT2D eigenvalue weighted by molar-refractivity contribution is 9.10. The highest BCUT2D eigenvalue weighted by atomic mass is 79.9. The van der Waals surface area contributed by atoms with Crippen molar-refractivity contribution in [3.8, 4) is 11.5 Å². The molecule has 6 heteroatoms. The third-order valence-corrected chi connectivity index (χ3v) is 2.67. The second-order valence-electron chi connectivity index (χ2n) is 3.27. The number of esters is 2. The zero-order valence-electron chi connectivity index (χ0n) is 10.3. The van der Waals surface area contributed by atoms with Gasteiger partial charge in [0.25, 0.3) is 0 Å². The Morgan fingerprint density at radius 2 is 2.00 bits per heavy atom. The van der Waals surface area contributed by atoms with Crippen LogP contribution >= 0.6 is 15.9 Å². The molecule has 5 nitrogen and oxygen atoms in total. The Kier molecular flexibility index (Phi) is 5.15. The van der Waals surface area contributed by atoms with Gasteiger partial charge in [0, 0.05) is 11.4 Å². The van der Waals surface area contributed by atoms with Crippen molar-refractivity contribution in [1.29, 1.82) is 0 Å². The molecule has 18 heavy (non-hydrogen) atoms. The number of hydrogen-bond acceptors (Lipinski definition) is 5. The minimum absolute atomic E-state index is 0.0607. The maximum atomic E-state index is 11.7. The van der Waals surface area contributed by atoms with Crippen LogP contribution in [0.5, 0.6) is 11.5 Å². The van der Waals surface area contributed by atoms with E-state index in [9.17, 15) is 9.59 Å². The molecule has 0 radical (unpaired) electrons. The first-order chi connectivity index (χ1) is 8.51. The highest BCUT2D eigenvalue weighted by Crippen LogP contribution is 2.37. The summed E-state index contributed by atoms with van der Waals surface area (Å²) in [7, 11) is 1.25. The lowest BCUT2D eigenvalue weighted by Crippen LogP contribution is -2.11. The van der Waals surface area contributed by atoms with E-state index in [-0.39, 0.29) is 11.3 Å². The predicted molar refractivity (Wildman–Crippen MR) is 68.0 cm³/mol. The molecule has 0 bridgehead atoms. The van der Waals surface area contributed by atoms with Crippen LogP contribution < -0.4 is 9.47 Å². The van der Waals surface area contributed by atoms with Crippen molar-refractivity contribution < 1.29 is 23.8 Å². The maximum Gasteiger partial charge on any atom is 0.342 e. The number of rotatable bonds is 4. The summed E-state index contributed by atoms with van der Waals surface area (Å²) in [4.78, 5) is 22.8. The molecule has 0 aliphatic heterocycles. The molecule has 0 saturated carbocycles. The van der Waals surface area contributed by atoms with E-state index in [1.54, 1.807) is 19.1 Å². The van der Waals surface area contributed by atoms with Crippen molar-refractivity contribution in [2.45, 2.75) is 13.8 Å². The van der Waals surface area contributed by atoms with Gasteiger partial charge in [0.05, 0.1) is 13.7 Å². The maximum absolute atomic E-state index is 11.7. The smallest absolute Gasteiger partial charge is 0.342 e. The fourth-order valence-electron chi connectivity index (χ4n) is 1.35. The topological polar surface area (TPSA) is 61.8 Å². The summed E-state index contributed by atoms with van der Waals surface area (Å²) in [6, 6.07) is 3.24. The number of carbonyl (C=O) groups excluding carboxylic acids is 2. The first kappa shape index (κ1) is 14.5. The van der Waals surface area contributed by atoms with Gasteiger partial charge in [-0.15, -0.1) is 0 Å². The molecule has 1 rings (SSSR count). The van der Waals surface area contributed by atoms with Crippen LogP contribution in [0.4, 0.5) is 0 Å². The van der Waals surface area contributed by atoms with Crippen LogP contribution in [0.1, 0.15) is 24.2 Å². The Hall–Kier alpha value is -1.56. The van der Waals surface area contributed by atoms with Gasteiger partial charge in [-0.2, -0.15) is 0 Å². The zero-order chi connectivity index (χ0) is 13.7. The molecule has 0 atom stereocenters. The third-order valence-electron chi connectivity index (χ3n) is 2.01. The van der Waals surface area contributed by atoms with E-state index >= 15 is 0 Å². The van der Waals surface area contributed by atoms with Crippen LogP contribution in [-0.2, 0) is 9.53 Å². The van der Waals surface area contributed by atoms with Gasteiger partial charge in [-0.1, -0.05) is 0 Å². The molecule has 1 aromatic rings. The number of benzene rings is 1. The standard InChI is InChI=1S/C12H13BrO5/c1-4-17-9-6-5-8(13)10(12(15)16-3)11(9)18-7(2)14/h5-6H,4H2,1-3H3. The van der Waals surface area contributed by atoms with Crippen molar-refractivity contribution in [3.63, 3.8) is 0 Å². The largest absolute Gasteiger partial charge is 0.490 e. The normalized spacial score (nSPS) is 9.78. The molecule has 0 unspecified atom stereocenters. The van der Waals surface area contributed by atoms with Crippen LogP contribution in [0.25, 0.3) is 0 Å². The predicted octanol–water partition coefficient (Wildman–Crippen LogP) is 2.56. The van der Waals surface area contributed by atoms with Crippen molar-refractivity contribution in [3.05, 3.63) is 22.2 Å². The number of methoxy groups -OCH3 is 1. The van der Waals surface area contributed by atoms with Gasteiger partial charge in [0.1, 0.15) is 5.56 Å². The molecule has 0 spiro atoms. The number of ether oxygens (including phenoxy) is 3. The molecule has 0 aromatic heterocycles. The fourth-order valence-corrected chi connectivity index (χ4v) is 1.82. The molecule has 0 N–H and O–H groups in total. The van der Waals surface area contributed by atoms with Crippen LogP contribution in [0, 0.1) is 0 Å². The summed E-state index contributed by atoms with van der Waals surface area (Å²) in [5.74, 6) is -0.777. The van der Waals surface area contributed by atoms with E-state index in [4.69, 9.17) is 9.47 Å². The molecule has 98 valence electrons. The molecular weight excluding hydrogens is 304 g/mol. The summed E-state index contributed by atoms with van der Waals surface area (Å²) in [6.07, 6.45) is 0. The average Bonchev–Trinajstić information content (AvgIpc) is 2.31. The average molecular weight is 317 g/mol. The Bertz CT molecular complexity index is 470. The Morgan fingerprint density at radius 3 is 2.50 bits per heavy atom. The number of carbonyl (C=O) groups is 2. The van der Waals surface area contributed by atoms with E-state index in [2.05, 4.69) is 20.7 Å². The first-order valence-electron chi connectivity index (χ1n) is 5.23. The quantitative estimate of drug-likeness (QED) is 0.631. The number of hydrogen-bond donors (Lipinski definition) is 0. The van der Waals surface area contributed by atoms with Crippen molar-refractivity contribution in [1.82, 2.24) is 0 Å². The van der Waals surface area contributed by atoms with Crippen LogP contribution in [0.2, 0.25) is 0 Å². The van der Waals surface area contributed by atoms with E-state index in [1.807, 2.05) is 0 Å². The second-order valence-corrected chi connectivity index (χ2v) is 4.12. The lowest BCUT2D eigenvalue weighted by atomic mass is 10.2. The van der Waals surface area contributed by atoms with Gasteiger partial charge in [-0.05, 0) is 35.0 Å². The van der Waals surface area contributed by atoms with Crippen LogP contribution in [0.3, 0.4) is 0 Å². The lowest BCUT2D eigenvalue weighted by Gasteiger charge is -2.14. The zero-order valence-corrected chi connectivity index (χ0v) is 11.9. The van der Waals surface area contributed by atoms with Gasteiger partial charge in [0.2, 0.25) is 0 Å². The van der Waals surface area contributed by atoms with Gasteiger partial charge in [0.15, 0.2) is 11.5 Å². The second kappa shape index (κ2) is 6.39. The molecule has 0 heterocycles. The summed E-state index contributed by atoms with van der Waals surface area (Å²) in [5.41, 5.74) is 0.124. The monoisotopic (exact) mass is 316 g/mol. The molecular formula is C12H13BrO5. The molecule has 0 aliphatic carbocycles. The minimum atomic E-state index is -0.611. The SMILES string of the molecule is CCOc1ccc(Br)c(C(=O)OC)c1OC(C)=O. The first-order valence-corrected chi connectivity index (χ1v) is 6.02. The van der Waals surface area contributed by atoms with Crippen LogP contribution in [0.15, 0.2) is 16.6 Å². The Balaban J connectivity index is 3.39. The third kappa shape index (κ3) is 3.22. The molecule has 0 aliphatic rings. The van der Waals surface area contributed by atoms with E-state index in [0.717, 1.165) is 0 Å². The lowest BCUT2D eigenvalue weighted by molar-refractivity contribution is -0.132. The fraction of sp³-hybridized carbons (Fsp3) is 0.333. The number of halogens is 1. The van der Waals surface area contributed by atoms with E-state index in [0.29, 0.717) is 16.8 Å². The molecule has 0 fully saturated rings. The van der Waals surface area contributed by atoms with Gasteiger partial charge < -0.3 is 14.2 Å². The Morgan fingerprint density at radius 1 is 1.33 bits per heavy atom. The summed E-state index contributed by atoms with van der Waals surface area (Å²) >= 11 is 3.22. The molecule has 1 aromatic carbocycles. The van der Waals surface area contributed by atoms with Crippen LogP contribution in [-0.4, -0.2) is 25.7 Å². The summed E-state index contributed by atoms with van der Waals surface area (Å²) < 4.78 is 15.5. The van der Waals surface area contributed by atoms with Gasteiger partial charge in [-0.3, -0.25) is 4.79 Å². The van der Waals surface area contributed by atoms with Crippen molar-refractivity contribution >= 4 is 27.9 Å². The van der Waals surface area contributed by atoms with E-state index < -0.39 is 11.9 Å². The summed E-state index contributed by atoms with van der Waals surface area (Å²) in [5, 5.41) is 0. The van der Waals surface area contributed by atoms with Crippen molar-refractivity contribution in [2.24, 2.45) is 0 Å². The van der Waals surface area contributed by atoms with Gasteiger partial charge >= 0.3 is 11.9 Å². The van der Waals surface area contributed by atoms with Gasteiger partial charge in [-0.25, -0.2) is 4.79 Å². The molecule has 0 amide bonds. The van der Waals surface area contributed by atoms with Crippen molar-refractivity contribution in [2.75, 3.05) is 13.7 Å². The van der Waals surface area contributed by atoms with E-state index in [1.165, 1.54) is 14.0 Å². The summed E-state index contributed by atoms with van der Waals surface area (Å²) in [6.45, 7) is 3.42. The highest BCUT2D eigenvalue weighted by Gasteiger charge is 2.23. The molecule has 0 saturated heterocycles.